The van der Waals surface area contributed by atoms with Crippen LogP contribution in [0.2, 0.25) is 0 Å². The molecule has 0 aromatic carbocycles. The number of hydrogen-bond donors (Lipinski definition) is 1. The monoisotopic (exact) mass is 518 g/mol. The van der Waals surface area contributed by atoms with E-state index in [1.54, 1.807) is 11.0 Å². The van der Waals surface area contributed by atoms with Crippen LogP contribution in [0.4, 0.5) is 0 Å². The third kappa shape index (κ3) is 4.99. The van der Waals surface area contributed by atoms with E-state index < -0.39 is 46.6 Å². The molecule has 2 amide bonds. The van der Waals surface area contributed by atoms with Gasteiger partial charge in [0.15, 0.2) is 0 Å². The molecule has 37 heavy (non-hydrogen) atoms. The SMILES string of the molecule is C=CCCCCOC(=O)[C@@H]1[C@H]2C(=O)N([C@@H](CO)C(C)C)C(C(=O)N(CC=C)C(C)(C)C)C23CC[C@@]1(C)O3. The molecule has 0 aromatic heterocycles. The maximum absolute atomic E-state index is 14.4. The van der Waals surface area contributed by atoms with E-state index in [0.717, 1.165) is 12.8 Å². The summed E-state index contributed by atoms with van der Waals surface area (Å²) in [5, 5.41) is 10.3. The highest BCUT2D eigenvalue weighted by Gasteiger charge is 2.79. The number of allylic oxidation sites excluding steroid dienone is 1. The van der Waals surface area contributed by atoms with Crippen LogP contribution >= 0.6 is 0 Å². The fourth-order valence-corrected chi connectivity index (χ4v) is 6.60. The van der Waals surface area contributed by atoms with Crippen molar-refractivity contribution in [2.75, 3.05) is 19.8 Å². The molecule has 0 saturated carbocycles. The van der Waals surface area contributed by atoms with E-state index in [1.165, 1.54) is 4.90 Å². The number of carbonyl (C=O) groups excluding carboxylic acids is 3. The standard InChI is InChI=1S/C29H46N2O6/c1-9-11-12-13-17-36-26(35)22-21-24(33)31(20(18-32)19(3)4)23(29(21)15-14-28(22,8)37-29)25(34)30(16-10-2)27(5,6)7/h9-10,19-23,32H,1-2,11-18H2,3-8H3/t20-,21-,22-,23?,28+,29?/m0/s1. The summed E-state index contributed by atoms with van der Waals surface area (Å²) in [7, 11) is 0. The van der Waals surface area contributed by atoms with Gasteiger partial charge in [0.2, 0.25) is 11.8 Å². The Morgan fingerprint density at radius 2 is 1.92 bits per heavy atom. The van der Waals surface area contributed by atoms with Gasteiger partial charge in [0.05, 0.1) is 30.8 Å². The van der Waals surface area contributed by atoms with E-state index in [2.05, 4.69) is 13.2 Å². The van der Waals surface area contributed by atoms with Crippen LogP contribution in [-0.4, -0.2) is 81.3 Å². The Bertz CT molecular complexity index is 911. The number of rotatable bonds is 12. The van der Waals surface area contributed by atoms with Crippen molar-refractivity contribution in [3.05, 3.63) is 25.3 Å². The predicted molar refractivity (Wildman–Crippen MR) is 141 cm³/mol. The van der Waals surface area contributed by atoms with Gasteiger partial charge in [0, 0.05) is 12.1 Å². The molecule has 3 heterocycles. The molecule has 0 aromatic rings. The molecule has 3 aliphatic heterocycles. The maximum atomic E-state index is 14.4. The Morgan fingerprint density at radius 3 is 2.46 bits per heavy atom. The highest BCUT2D eigenvalue weighted by molar-refractivity contribution is 5.99. The summed E-state index contributed by atoms with van der Waals surface area (Å²) in [6, 6.07) is -1.53. The second-order valence-corrected chi connectivity index (χ2v) is 12.3. The van der Waals surface area contributed by atoms with Gasteiger partial charge in [-0.1, -0.05) is 26.0 Å². The summed E-state index contributed by atoms with van der Waals surface area (Å²) in [6.45, 7) is 19.4. The van der Waals surface area contributed by atoms with E-state index in [4.69, 9.17) is 9.47 Å². The first-order valence-corrected chi connectivity index (χ1v) is 13.6. The zero-order valence-electron chi connectivity index (χ0n) is 23.5. The zero-order valence-corrected chi connectivity index (χ0v) is 23.5. The van der Waals surface area contributed by atoms with Gasteiger partial charge < -0.3 is 24.4 Å². The molecule has 2 bridgehead atoms. The third-order valence-corrected chi connectivity index (χ3v) is 8.45. The van der Waals surface area contributed by atoms with Crippen molar-refractivity contribution in [2.24, 2.45) is 17.8 Å². The number of likely N-dealkylation sites (tertiary alicyclic amines) is 1. The van der Waals surface area contributed by atoms with Crippen LogP contribution in [0.25, 0.3) is 0 Å². The number of amides is 2. The quantitative estimate of drug-likeness (QED) is 0.241. The first-order chi connectivity index (χ1) is 17.3. The van der Waals surface area contributed by atoms with Crippen molar-refractivity contribution in [3.63, 3.8) is 0 Å². The molecule has 208 valence electrons. The average molecular weight is 519 g/mol. The molecular weight excluding hydrogens is 472 g/mol. The first kappa shape index (κ1) is 29.4. The van der Waals surface area contributed by atoms with Crippen LogP contribution in [0.5, 0.6) is 0 Å². The number of fused-ring (bicyclic) bond motifs is 1. The number of aliphatic hydroxyl groups is 1. The van der Waals surface area contributed by atoms with Gasteiger partial charge in [-0.2, -0.15) is 0 Å². The topological polar surface area (TPSA) is 96.4 Å². The van der Waals surface area contributed by atoms with E-state index >= 15 is 0 Å². The van der Waals surface area contributed by atoms with Crippen LogP contribution in [-0.2, 0) is 23.9 Å². The predicted octanol–water partition coefficient (Wildman–Crippen LogP) is 3.48. The number of carbonyl (C=O) groups is 3. The molecule has 1 spiro atoms. The van der Waals surface area contributed by atoms with Gasteiger partial charge >= 0.3 is 5.97 Å². The molecule has 2 unspecified atom stereocenters. The van der Waals surface area contributed by atoms with Crippen molar-refractivity contribution in [3.8, 4) is 0 Å². The minimum atomic E-state index is -1.15. The normalized spacial score (nSPS) is 31.4. The minimum absolute atomic E-state index is 0.106. The molecule has 1 N–H and O–H groups in total. The number of aliphatic hydroxyl groups excluding tert-OH is 1. The van der Waals surface area contributed by atoms with Crippen molar-refractivity contribution in [1.82, 2.24) is 9.80 Å². The van der Waals surface area contributed by atoms with Gasteiger partial charge in [-0.25, -0.2) is 0 Å². The highest BCUT2D eigenvalue weighted by atomic mass is 16.6. The van der Waals surface area contributed by atoms with E-state index in [1.807, 2.05) is 47.6 Å². The van der Waals surface area contributed by atoms with Gasteiger partial charge in [0.1, 0.15) is 17.6 Å². The lowest BCUT2D eigenvalue weighted by atomic mass is 9.66. The summed E-state index contributed by atoms with van der Waals surface area (Å²) < 4.78 is 12.3. The Balaban J connectivity index is 2.05. The summed E-state index contributed by atoms with van der Waals surface area (Å²) in [6.07, 6.45) is 6.96. The van der Waals surface area contributed by atoms with Crippen LogP contribution in [0.3, 0.4) is 0 Å². The Kier molecular flexibility index (Phi) is 8.64. The summed E-state index contributed by atoms with van der Waals surface area (Å²) in [5.41, 5.74) is -2.57. The fourth-order valence-electron chi connectivity index (χ4n) is 6.60. The Morgan fingerprint density at radius 1 is 1.24 bits per heavy atom. The summed E-state index contributed by atoms with van der Waals surface area (Å²) in [4.78, 5) is 45.3. The lowest BCUT2D eigenvalue weighted by Crippen LogP contribution is -2.62. The average Bonchev–Trinajstić information content (AvgIpc) is 3.37. The van der Waals surface area contributed by atoms with Crippen LogP contribution < -0.4 is 0 Å². The van der Waals surface area contributed by atoms with Gasteiger partial charge in [-0.05, 0) is 65.7 Å². The largest absolute Gasteiger partial charge is 0.465 e. The number of esters is 1. The second-order valence-electron chi connectivity index (χ2n) is 12.3. The van der Waals surface area contributed by atoms with Gasteiger partial charge in [-0.15, -0.1) is 13.2 Å². The number of unbranched alkanes of at least 4 members (excludes halogenated alkanes) is 2. The van der Waals surface area contributed by atoms with E-state index in [0.29, 0.717) is 25.8 Å². The number of ether oxygens (including phenoxy) is 2. The highest BCUT2D eigenvalue weighted by Crippen LogP contribution is 2.64. The van der Waals surface area contributed by atoms with Crippen LogP contribution in [0.1, 0.15) is 73.6 Å². The molecule has 8 nitrogen and oxygen atoms in total. The Labute approximate surface area is 222 Å². The molecule has 3 fully saturated rings. The van der Waals surface area contributed by atoms with Crippen molar-refractivity contribution in [1.29, 1.82) is 0 Å². The molecular formula is C29H46N2O6. The lowest BCUT2D eigenvalue weighted by Gasteiger charge is -2.44. The third-order valence-electron chi connectivity index (χ3n) is 8.45. The van der Waals surface area contributed by atoms with Gasteiger partial charge in [-0.3, -0.25) is 14.4 Å². The molecule has 0 aliphatic carbocycles. The molecule has 0 radical (unpaired) electrons. The Hall–Kier alpha value is -2.19. The molecule has 3 aliphatic rings. The fraction of sp³-hybridized carbons (Fsp3) is 0.759. The second kappa shape index (κ2) is 10.9. The van der Waals surface area contributed by atoms with E-state index in [9.17, 15) is 19.5 Å². The molecule has 3 rings (SSSR count). The summed E-state index contributed by atoms with van der Waals surface area (Å²) in [5.74, 6) is -2.75. The van der Waals surface area contributed by atoms with Crippen molar-refractivity contribution >= 4 is 17.8 Å². The summed E-state index contributed by atoms with van der Waals surface area (Å²) >= 11 is 0. The maximum Gasteiger partial charge on any atom is 0.312 e. The molecule has 3 saturated heterocycles. The lowest BCUT2D eigenvalue weighted by molar-refractivity contribution is -0.163. The molecule has 8 heteroatoms. The van der Waals surface area contributed by atoms with E-state index in [-0.39, 0.29) is 30.9 Å². The smallest absolute Gasteiger partial charge is 0.312 e. The van der Waals surface area contributed by atoms with Crippen molar-refractivity contribution < 1.29 is 29.0 Å². The first-order valence-electron chi connectivity index (χ1n) is 13.6. The minimum Gasteiger partial charge on any atom is -0.465 e. The number of hydrogen-bond acceptors (Lipinski definition) is 6. The van der Waals surface area contributed by atoms with Gasteiger partial charge in [0.25, 0.3) is 0 Å². The molecule has 6 atom stereocenters. The van der Waals surface area contributed by atoms with Crippen LogP contribution in [0, 0.1) is 17.8 Å². The zero-order chi connectivity index (χ0) is 27.8. The number of nitrogens with zero attached hydrogens (tertiary/aromatic N) is 2. The van der Waals surface area contributed by atoms with Crippen LogP contribution in [0.15, 0.2) is 25.3 Å². The van der Waals surface area contributed by atoms with Crippen molar-refractivity contribution in [2.45, 2.75) is 102 Å².